The Hall–Kier alpha value is -2.41. The van der Waals surface area contributed by atoms with Crippen LogP contribution in [0.15, 0.2) is 89.1 Å². The molecule has 0 aliphatic carbocycles. The standard InChI is InChI=1S/C26H33N/c1-6-24(25(27-21(4)5)19-13-14-20(2)3)26(22-15-9-7-10-16-22)23-17-11-8-12-18-23/h7-12,15-18,26H,2,6,13-14,19H2,1,3-5H3/b25-24-. The molecule has 27 heavy (non-hydrogen) atoms. The van der Waals surface area contributed by atoms with E-state index in [0.29, 0.717) is 0 Å². The van der Waals surface area contributed by atoms with Crippen LogP contribution in [-0.2, 0) is 0 Å². The maximum absolute atomic E-state index is 4.98. The van der Waals surface area contributed by atoms with Gasteiger partial charge in [-0.1, -0.05) is 73.2 Å². The largest absolute Gasteiger partial charge is 0.263 e. The molecule has 0 bridgehead atoms. The summed E-state index contributed by atoms with van der Waals surface area (Å²) in [4.78, 5) is 4.98. The molecule has 0 aliphatic rings. The second-order valence-corrected chi connectivity index (χ2v) is 7.45. The number of aliphatic imine (C=N–C) groups is 1. The van der Waals surface area contributed by atoms with Crippen LogP contribution in [0.2, 0.25) is 0 Å². The molecule has 0 aromatic heterocycles. The Kier molecular flexibility index (Phi) is 8.26. The van der Waals surface area contributed by atoms with Crippen molar-refractivity contribution >= 4 is 5.71 Å². The molecule has 0 N–H and O–H groups in total. The van der Waals surface area contributed by atoms with Gasteiger partial charge in [0.05, 0.1) is 0 Å². The number of hydrogen-bond acceptors (Lipinski definition) is 1. The van der Waals surface area contributed by atoms with Gasteiger partial charge in [-0.15, -0.1) is 6.58 Å². The van der Waals surface area contributed by atoms with Crippen molar-refractivity contribution < 1.29 is 0 Å². The predicted molar refractivity (Wildman–Crippen MR) is 119 cm³/mol. The first-order valence-electron chi connectivity index (χ1n) is 10.0. The van der Waals surface area contributed by atoms with Crippen molar-refractivity contribution in [3.63, 3.8) is 0 Å². The molecule has 2 rings (SSSR count). The van der Waals surface area contributed by atoms with E-state index >= 15 is 0 Å². The van der Waals surface area contributed by atoms with Gasteiger partial charge in [-0.3, -0.25) is 4.99 Å². The summed E-state index contributed by atoms with van der Waals surface area (Å²) < 4.78 is 0. The molecule has 0 amide bonds. The Bertz CT molecular complexity index is 738. The number of benzene rings is 2. The van der Waals surface area contributed by atoms with Crippen LogP contribution < -0.4 is 0 Å². The van der Waals surface area contributed by atoms with Crippen molar-refractivity contribution in [3.05, 3.63) is 95.2 Å². The molecule has 0 radical (unpaired) electrons. The summed E-state index contributed by atoms with van der Waals surface area (Å²) >= 11 is 0. The molecular formula is C26H33N. The van der Waals surface area contributed by atoms with E-state index in [-0.39, 0.29) is 5.92 Å². The molecular weight excluding hydrogens is 326 g/mol. The molecule has 0 saturated heterocycles. The molecule has 0 spiro atoms. The Balaban J connectivity index is 2.56. The molecule has 0 aliphatic heterocycles. The first kappa shape index (κ1) is 20.9. The average molecular weight is 360 g/mol. The highest BCUT2D eigenvalue weighted by atomic mass is 14.8. The van der Waals surface area contributed by atoms with Gasteiger partial charge >= 0.3 is 0 Å². The second kappa shape index (κ2) is 10.7. The lowest BCUT2D eigenvalue weighted by molar-refractivity contribution is 0.759. The number of allylic oxidation sites excluding steroid dienone is 3. The molecule has 142 valence electrons. The van der Waals surface area contributed by atoms with Crippen LogP contribution in [0.1, 0.15) is 70.4 Å². The fourth-order valence-corrected chi connectivity index (χ4v) is 3.58. The predicted octanol–water partition coefficient (Wildman–Crippen LogP) is 7.71. The first-order chi connectivity index (χ1) is 13.0. The molecule has 0 fully saturated rings. The minimum absolute atomic E-state index is 0.250. The minimum atomic E-state index is 0.250. The van der Waals surface area contributed by atoms with Gasteiger partial charge in [0.2, 0.25) is 0 Å². The Morgan fingerprint density at radius 3 is 1.78 bits per heavy atom. The summed E-state index contributed by atoms with van der Waals surface area (Å²) in [5, 5.41) is 0. The van der Waals surface area contributed by atoms with E-state index in [1.165, 1.54) is 28.0 Å². The highest BCUT2D eigenvalue weighted by molar-refractivity contribution is 5.80. The quantitative estimate of drug-likeness (QED) is 0.321. The normalized spacial score (nSPS) is 11.9. The lowest BCUT2D eigenvalue weighted by Gasteiger charge is -2.24. The van der Waals surface area contributed by atoms with E-state index in [2.05, 4.69) is 94.9 Å². The van der Waals surface area contributed by atoms with Crippen LogP contribution in [0, 0.1) is 0 Å². The molecule has 1 nitrogen and oxygen atoms in total. The lowest BCUT2D eigenvalue weighted by atomic mass is 9.82. The third-order valence-electron chi connectivity index (χ3n) is 4.74. The van der Waals surface area contributed by atoms with Gasteiger partial charge in [-0.25, -0.2) is 0 Å². The number of hydrogen-bond donors (Lipinski definition) is 0. The SMILES string of the molecule is C=C(C)CCC/C(N=C(C)C)=C(\CC)C(c1ccccc1)c1ccccc1. The smallest absolute Gasteiger partial charge is 0.0404 e. The summed E-state index contributed by atoms with van der Waals surface area (Å²) in [7, 11) is 0. The van der Waals surface area contributed by atoms with E-state index in [1.807, 2.05) is 0 Å². The molecule has 0 heterocycles. The van der Waals surface area contributed by atoms with E-state index in [9.17, 15) is 0 Å². The molecule has 1 heteroatoms. The van der Waals surface area contributed by atoms with Crippen LogP contribution in [0.4, 0.5) is 0 Å². The van der Waals surface area contributed by atoms with Crippen molar-refractivity contribution in [2.45, 2.75) is 59.3 Å². The molecule has 0 saturated carbocycles. The highest BCUT2D eigenvalue weighted by Gasteiger charge is 2.21. The summed E-state index contributed by atoms with van der Waals surface area (Å²) in [6.45, 7) is 12.6. The third kappa shape index (κ3) is 6.36. The van der Waals surface area contributed by atoms with E-state index < -0.39 is 0 Å². The molecule has 2 aromatic rings. The van der Waals surface area contributed by atoms with Crippen molar-refractivity contribution in [1.82, 2.24) is 0 Å². The molecule has 2 aromatic carbocycles. The van der Waals surface area contributed by atoms with Crippen molar-refractivity contribution in [2.24, 2.45) is 4.99 Å². The van der Waals surface area contributed by atoms with Gasteiger partial charge < -0.3 is 0 Å². The Morgan fingerprint density at radius 1 is 0.852 bits per heavy atom. The minimum Gasteiger partial charge on any atom is -0.263 e. The summed E-state index contributed by atoms with van der Waals surface area (Å²) in [6, 6.07) is 21.7. The van der Waals surface area contributed by atoms with Crippen molar-refractivity contribution in [2.75, 3.05) is 0 Å². The first-order valence-corrected chi connectivity index (χ1v) is 10.0. The van der Waals surface area contributed by atoms with E-state index in [1.54, 1.807) is 0 Å². The monoisotopic (exact) mass is 359 g/mol. The zero-order valence-electron chi connectivity index (χ0n) is 17.3. The van der Waals surface area contributed by atoms with E-state index in [0.717, 1.165) is 31.4 Å². The third-order valence-corrected chi connectivity index (χ3v) is 4.74. The summed E-state index contributed by atoms with van der Waals surface area (Å²) in [5.74, 6) is 0.250. The zero-order valence-corrected chi connectivity index (χ0v) is 17.3. The van der Waals surface area contributed by atoms with Gasteiger partial charge in [-0.2, -0.15) is 0 Å². The summed E-state index contributed by atoms with van der Waals surface area (Å²) in [5.41, 5.74) is 7.70. The van der Waals surface area contributed by atoms with Crippen LogP contribution in [0.5, 0.6) is 0 Å². The van der Waals surface area contributed by atoms with Crippen LogP contribution >= 0.6 is 0 Å². The molecule has 0 atom stereocenters. The Labute approximate surface area is 165 Å². The average Bonchev–Trinajstić information content (AvgIpc) is 2.66. The zero-order chi connectivity index (χ0) is 19.6. The van der Waals surface area contributed by atoms with E-state index in [4.69, 9.17) is 4.99 Å². The fourth-order valence-electron chi connectivity index (χ4n) is 3.58. The van der Waals surface area contributed by atoms with Gasteiger partial charge in [0.1, 0.15) is 0 Å². The fraction of sp³-hybridized carbons (Fsp3) is 0.346. The maximum Gasteiger partial charge on any atom is 0.0404 e. The van der Waals surface area contributed by atoms with Gasteiger partial charge in [0, 0.05) is 17.3 Å². The van der Waals surface area contributed by atoms with Crippen LogP contribution in [-0.4, -0.2) is 5.71 Å². The van der Waals surface area contributed by atoms with Crippen LogP contribution in [0.3, 0.4) is 0 Å². The van der Waals surface area contributed by atoms with Gasteiger partial charge in [0.15, 0.2) is 0 Å². The number of rotatable bonds is 9. The summed E-state index contributed by atoms with van der Waals surface area (Å²) in [6.07, 6.45) is 4.15. The van der Waals surface area contributed by atoms with Gasteiger partial charge in [0.25, 0.3) is 0 Å². The number of nitrogens with zero attached hydrogens (tertiary/aromatic N) is 1. The highest BCUT2D eigenvalue weighted by Crippen LogP contribution is 2.37. The lowest BCUT2D eigenvalue weighted by Crippen LogP contribution is -2.08. The van der Waals surface area contributed by atoms with Crippen molar-refractivity contribution in [3.8, 4) is 0 Å². The molecule has 0 unspecified atom stereocenters. The van der Waals surface area contributed by atoms with Gasteiger partial charge in [-0.05, 0) is 63.2 Å². The van der Waals surface area contributed by atoms with Crippen molar-refractivity contribution in [1.29, 1.82) is 0 Å². The maximum atomic E-state index is 4.98. The topological polar surface area (TPSA) is 12.4 Å². The van der Waals surface area contributed by atoms with Crippen LogP contribution in [0.25, 0.3) is 0 Å². The Morgan fingerprint density at radius 2 is 1.37 bits per heavy atom. The second-order valence-electron chi connectivity index (χ2n) is 7.45.